The van der Waals surface area contributed by atoms with Crippen molar-refractivity contribution in [3.05, 3.63) is 65.5 Å². The topological polar surface area (TPSA) is 65.5 Å². The molecule has 1 atom stereocenters. The van der Waals surface area contributed by atoms with Crippen LogP contribution in [0.5, 0.6) is 0 Å². The summed E-state index contributed by atoms with van der Waals surface area (Å²) in [6.07, 6.45) is 4.85. The van der Waals surface area contributed by atoms with E-state index in [9.17, 15) is 9.59 Å². The van der Waals surface area contributed by atoms with Gasteiger partial charge in [0.25, 0.3) is 0 Å². The van der Waals surface area contributed by atoms with E-state index in [1.807, 2.05) is 29.2 Å². The fourth-order valence-electron chi connectivity index (χ4n) is 3.85. The lowest BCUT2D eigenvalue weighted by Crippen LogP contribution is -2.44. The van der Waals surface area contributed by atoms with Crippen LogP contribution < -0.4 is 5.32 Å². The number of rotatable bonds is 6. The molecule has 27 heavy (non-hydrogen) atoms. The molecule has 2 aliphatic rings. The van der Waals surface area contributed by atoms with E-state index in [1.54, 1.807) is 12.4 Å². The van der Waals surface area contributed by atoms with E-state index in [0.717, 1.165) is 25.1 Å². The number of nitrogens with one attached hydrogen (secondary N) is 1. The fourth-order valence-corrected chi connectivity index (χ4v) is 3.85. The quantitative estimate of drug-likeness (QED) is 0.847. The molecule has 2 aliphatic heterocycles. The van der Waals surface area contributed by atoms with Gasteiger partial charge in [0, 0.05) is 51.0 Å². The highest BCUT2D eigenvalue weighted by Gasteiger charge is 2.27. The number of aromatic nitrogens is 1. The van der Waals surface area contributed by atoms with Crippen LogP contribution in [-0.2, 0) is 29.2 Å². The first-order valence-electron chi connectivity index (χ1n) is 9.42. The van der Waals surface area contributed by atoms with E-state index in [-0.39, 0.29) is 17.9 Å². The Bertz CT molecular complexity index is 799. The van der Waals surface area contributed by atoms with E-state index in [1.165, 1.54) is 11.1 Å². The van der Waals surface area contributed by atoms with E-state index in [0.29, 0.717) is 26.1 Å². The lowest BCUT2D eigenvalue weighted by Gasteiger charge is -2.28. The summed E-state index contributed by atoms with van der Waals surface area (Å²) < 4.78 is 0. The molecule has 0 unspecified atom stereocenters. The fraction of sp³-hybridized carbons (Fsp3) is 0.381. The van der Waals surface area contributed by atoms with Crippen molar-refractivity contribution in [2.45, 2.75) is 38.5 Å². The average Bonchev–Trinajstić information content (AvgIpc) is 3.27. The smallest absolute Gasteiger partial charge is 0.237 e. The number of amides is 2. The van der Waals surface area contributed by atoms with Crippen LogP contribution in [0.15, 0.2) is 48.8 Å². The second-order valence-electron chi connectivity index (χ2n) is 7.35. The van der Waals surface area contributed by atoms with Crippen LogP contribution in [0, 0.1) is 0 Å². The first kappa shape index (κ1) is 17.7. The Labute approximate surface area is 159 Å². The van der Waals surface area contributed by atoms with Gasteiger partial charge in [0.05, 0.1) is 6.54 Å². The molecule has 0 aliphatic carbocycles. The van der Waals surface area contributed by atoms with Crippen LogP contribution >= 0.6 is 0 Å². The van der Waals surface area contributed by atoms with Gasteiger partial charge < -0.3 is 10.2 Å². The zero-order valence-electron chi connectivity index (χ0n) is 15.3. The molecule has 0 radical (unpaired) electrons. The molecule has 1 fully saturated rings. The summed E-state index contributed by atoms with van der Waals surface area (Å²) in [5.41, 5.74) is 3.60. The maximum atomic E-state index is 13.1. The van der Waals surface area contributed by atoms with Gasteiger partial charge in [-0.1, -0.05) is 30.3 Å². The molecule has 1 saturated heterocycles. The molecule has 2 aromatic rings. The number of hydrogen-bond acceptors (Lipinski definition) is 4. The standard InChI is InChI=1S/C21H24N4O2/c26-20-8-7-19(23-20)14-25(11-16-4-3-9-22-10-16)21(27)15-24-12-17-5-1-2-6-18(17)13-24/h1-6,9-10,19H,7-8,11-15H2,(H,23,26)/t19-/m0/s1. The molecule has 2 amide bonds. The Morgan fingerprint density at radius 2 is 1.96 bits per heavy atom. The third-order valence-electron chi connectivity index (χ3n) is 5.24. The van der Waals surface area contributed by atoms with Gasteiger partial charge >= 0.3 is 0 Å². The van der Waals surface area contributed by atoms with Crippen molar-refractivity contribution in [1.29, 1.82) is 0 Å². The summed E-state index contributed by atoms with van der Waals surface area (Å²) >= 11 is 0. The molecule has 4 rings (SSSR count). The van der Waals surface area contributed by atoms with Gasteiger partial charge in [-0.05, 0) is 29.2 Å². The van der Waals surface area contributed by atoms with Crippen molar-refractivity contribution in [3.8, 4) is 0 Å². The Balaban J connectivity index is 1.42. The van der Waals surface area contributed by atoms with E-state index < -0.39 is 0 Å². The number of fused-ring (bicyclic) bond motifs is 1. The molecule has 0 spiro atoms. The van der Waals surface area contributed by atoms with Crippen LogP contribution in [0.25, 0.3) is 0 Å². The summed E-state index contributed by atoms with van der Waals surface area (Å²) in [7, 11) is 0. The Morgan fingerprint density at radius 3 is 2.59 bits per heavy atom. The van der Waals surface area contributed by atoms with Gasteiger partial charge in [-0.2, -0.15) is 0 Å². The van der Waals surface area contributed by atoms with Crippen LogP contribution in [0.2, 0.25) is 0 Å². The Kier molecular flexibility index (Phi) is 5.16. The predicted octanol–water partition coefficient (Wildman–Crippen LogP) is 1.70. The van der Waals surface area contributed by atoms with Gasteiger partial charge in [0.1, 0.15) is 0 Å². The first-order valence-corrected chi connectivity index (χ1v) is 9.42. The van der Waals surface area contributed by atoms with Crippen LogP contribution in [0.4, 0.5) is 0 Å². The van der Waals surface area contributed by atoms with E-state index >= 15 is 0 Å². The van der Waals surface area contributed by atoms with Crippen molar-refractivity contribution >= 4 is 11.8 Å². The number of carbonyl (C=O) groups excluding carboxylic acids is 2. The van der Waals surface area contributed by atoms with Crippen molar-refractivity contribution in [2.75, 3.05) is 13.1 Å². The molecule has 140 valence electrons. The Morgan fingerprint density at radius 1 is 1.19 bits per heavy atom. The van der Waals surface area contributed by atoms with Gasteiger partial charge in [-0.25, -0.2) is 0 Å². The number of pyridine rings is 1. The number of nitrogens with zero attached hydrogens (tertiary/aromatic N) is 3. The molecule has 0 saturated carbocycles. The monoisotopic (exact) mass is 364 g/mol. The number of benzene rings is 1. The maximum absolute atomic E-state index is 13.1. The van der Waals surface area contributed by atoms with Crippen molar-refractivity contribution < 1.29 is 9.59 Å². The molecule has 6 nitrogen and oxygen atoms in total. The zero-order valence-corrected chi connectivity index (χ0v) is 15.3. The minimum atomic E-state index is 0.0360. The SMILES string of the molecule is O=C1CC[C@@H](CN(Cc2cccnc2)C(=O)CN2Cc3ccccc3C2)N1. The van der Waals surface area contributed by atoms with Gasteiger partial charge in [-0.3, -0.25) is 19.5 Å². The molecular formula is C21H24N4O2. The summed E-state index contributed by atoms with van der Waals surface area (Å²) in [6.45, 7) is 3.06. The molecule has 1 aromatic carbocycles. The van der Waals surface area contributed by atoms with Crippen LogP contribution in [0.1, 0.15) is 29.5 Å². The van der Waals surface area contributed by atoms with E-state index in [2.05, 4.69) is 27.3 Å². The minimum Gasteiger partial charge on any atom is -0.352 e. The predicted molar refractivity (Wildman–Crippen MR) is 101 cm³/mol. The highest BCUT2D eigenvalue weighted by Crippen LogP contribution is 2.22. The largest absolute Gasteiger partial charge is 0.352 e. The molecule has 1 aromatic heterocycles. The highest BCUT2D eigenvalue weighted by atomic mass is 16.2. The summed E-state index contributed by atoms with van der Waals surface area (Å²) in [4.78, 5) is 32.8. The highest BCUT2D eigenvalue weighted by molar-refractivity contribution is 5.80. The van der Waals surface area contributed by atoms with Crippen molar-refractivity contribution in [3.63, 3.8) is 0 Å². The Hall–Kier alpha value is -2.73. The molecular weight excluding hydrogens is 340 g/mol. The third kappa shape index (κ3) is 4.34. The lowest BCUT2D eigenvalue weighted by atomic mass is 10.1. The zero-order chi connectivity index (χ0) is 18.6. The summed E-state index contributed by atoms with van der Waals surface area (Å²) in [6, 6.07) is 12.2. The van der Waals surface area contributed by atoms with Gasteiger partial charge in [0.2, 0.25) is 11.8 Å². The lowest BCUT2D eigenvalue weighted by molar-refractivity contribution is -0.133. The second-order valence-corrected chi connectivity index (χ2v) is 7.35. The molecule has 6 heteroatoms. The van der Waals surface area contributed by atoms with Crippen LogP contribution in [0.3, 0.4) is 0 Å². The molecule has 1 N–H and O–H groups in total. The summed E-state index contributed by atoms with van der Waals surface area (Å²) in [5.74, 6) is 0.163. The van der Waals surface area contributed by atoms with Crippen LogP contribution in [-0.4, -0.2) is 45.7 Å². The molecule has 0 bridgehead atoms. The minimum absolute atomic E-state index is 0.0360. The van der Waals surface area contributed by atoms with Gasteiger partial charge in [-0.15, -0.1) is 0 Å². The van der Waals surface area contributed by atoms with E-state index in [4.69, 9.17) is 0 Å². The third-order valence-corrected chi connectivity index (χ3v) is 5.24. The number of hydrogen-bond donors (Lipinski definition) is 1. The van der Waals surface area contributed by atoms with Crippen molar-refractivity contribution in [2.24, 2.45) is 0 Å². The second kappa shape index (κ2) is 7.88. The van der Waals surface area contributed by atoms with Crippen molar-refractivity contribution in [1.82, 2.24) is 20.1 Å². The number of carbonyl (C=O) groups is 2. The summed E-state index contributed by atoms with van der Waals surface area (Å²) in [5, 5.41) is 2.97. The average molecular weight is 364 g/mol. The molecule has 3 heterocycles. The normalized spacial score (nSPS) is 19.0. The van der Waals surface area contributed by atoms with Gasteiger partial charge in [0.15, 0.2) is 0 Å². The maximum Gasteiger partial charge on any atom is 0.237 e. The first-order chi connectivity index (χ1) is 13.2.